The highest BCUT2D eigenvalue weighted by atomic mass is 16.4. The molecule has 2 aromatic carbocycles. The summed E-state index contributed by atoms with van der Waals surface area (Å²) in [4.78, 5) is 23.8. The average molecular weight is 311 g/mol. The van der Waals surface area contributed by atoms with Crippen molar-refractivity contribution in [2.24, 2.45) is 0 Å². The first-order chi connectivity index (χ1) is 10.9. The molecule has 1 unspecified atom stereocenters. The SMILES string of the molecule is Cc1ccccc1C(CC(=O)O)NC(=O)c1cccc(C)c1C. The number of nitrogens with one attached hydrogen (secondary N) is 1. The number of carboxylic acid groups (broad SMARTS) is 1. The van der Waals surface area contributed by atoms with Crippen LogP contribution in [0.4, 0.5) is 0 Å². The van der Waals surface area contributed by atoms with Gasteiger partial charge in [-0.3, -0.25) is 9.59 Å². The van der Waals surface area contributed by atoms with E-state index in [1.54, 1.807) is 6.07 Å². The molecule has 2 aromatic rings. The molecule has 0 aliphatic heterocycles. The largest absolute Gasteiger partial charge is 0.481 e. The van der Waals surface area contributed by atoms with Crippen molar-refractivity contribution in [2.45, 2.75) is 33.2 Å². The third-order valence-electron chi connectivity index (χ3n) is 4.10. The Bertz CT molecular complexity index is 737. The molecule has 0 aromatic heterocycles. The molecule has 0 saturated heterocycles. The number of hydrogen-bond donors (Lipinski definition) is 2. The average Bonchev–Trinajstić information content (AvgIpc) is 2.49. The van der Waals surface area contributed by atoms with E-state index in [1.165, 1.54) is 0 Å². The Labute approximate surface area is 136 Å². The summed E-state index contributed by atoms with van der Waals surface area (Å²) in [5.74, 6) is -1.19. The molecule has 2 N–H and O–H groups in total. The van der Waals surface area contributed by atoms with Crippen molar-refractivity contribution in [1.82, 2.24) is 5.32 Å². The van der Waals surface area contributed by atoms with Crippen molar-refractivity contribution < 1.29 is 14.7 Å². The second kappa shape index (κ2) is 7.09. The predicted molar refractivity (Wildman–Crippen MR) is 89.6 cm³/mol. The summed E-state index contributed by atoms with van der Waals surface area (Å²) in [6.07, 6.45) is -0.151. The highest BCUT2D eigenvalue weighted by Crippen LogP contribution is 2.22. The van der Waals surface area contributed by atoms with E-state index in [0.717, 1.165) is 22.3 Å². The molecule has 0 spiro atoms. The first-order valence-corrected chi connectivity index (χ1v) is 7.54. The summed E-state index contributed by atoms with van der Waals surface area (Å²) < 4.78 is 0. The van der Waals surface area contributed by atoms with Crippen LogP contribution < -0.4 is 5.32 Å². The van der Waals surface area contributed by atoms with E-state index in [9.17, 15) is 9.59 Å². The van der Waals surface area contributed by atoms with Crippen LogP contribution in [0.15, 0.2) is 42.5 Å². The van der Waals surface area contributed by atoms with Gasteiger partial charge in [-0.1, -0.05) is 36.4 Å². The van der Waals surface area contributed by atoms with Crippen molar-refractivity contribution in [3.8, 4) is 0 Å². The zero-order chi connectivity index (χ0) is 17.0. The number of aliphatic carboxylic acids is 1. The third kappa shape index (κ3) is 3.97. The fourth-order valence-electron chi connectivity index (χ4n) is 2.62. The Balaban J connectivity index is 2.31. The molecule has 0 aliphatic rings. The first kappa shape index (κ1) is 16.7. The normalized spacial score (nSPS) is 11.8. The monoisotopic (exact) mass is 311 g/mol. The predicted octanol–water partition coefficient (Wildman–Crippen LogP) is 3.56. The molecule has 0 aliphatic carbocycles. The van der Waals surface area contributed by atoms with E-state index in [-0.39, 0.29) is 12.3 Å². The van der Waals surface area contributed by atoms with Crippen LogP contribution in [-0.2, 0) is 4.79 Å². The van der Waals surface area contributed by atoms with E-state index in [2.05, 4.69) is 5.32 Å². The van der Waals surface area contributed by atoms with Gasteiger partial charge in [0, 0.05) is 5.56 Å². The summed E-state index contributed by atoms with van der Waals surface area (Å²) in [5, 5.41) is 12.0. The lowest BCUT2D eigenvalue weighted by atomic mass is 9.97. The van der Waals surface area contributed by atoms with Gasteiger partial charge in [0.2, 0.25) is 0 Å². The molecule has 0 heterocycles. The minimum absolute atomic E-state index is 0.151. The van der Waals surface area contributed by atoms with Gasteiger partial charge in [0.15, 0.2) is 0 Å². The van der Waals surface area contributed by atoms with Gasteiger partial charge in [-0.25, -0.2) is 0 Å². The minimum Gasteiger partial charge on any atom is -0.481 e. The van der Waals surface area contributed by atoms with E-state index in [0.29, 0.717) is 5.56 Å². The lowest BCUT2D eigenvalue weighted by Crippen LogP contribution is -2.31. The van der Waals surface area contributed by atoms with E-state index in [4.69, 9.17) is 5.11 Å². The lowest BCUT2D eigenvalue weighted by Gasteiger charge is -2.20. The Morgan fingerprint density at radius 2 is 1.65 bits per heavy atom. The topological polar surface area (TPSA) is 66.4 Å². The fraction of sp³-hybridized carbons (Fsp3) is 0.263. The van der Waals surface area contributed by atoms with Crippen molar-refractivity contribution in [3.05, 3.63) is 70.3 Å². The second-order valence-corrected chi connectivity index (χ2v) is 5.73. The number of amides is 1. The van der Waals surface area contributed by atoms with Gasteiger partial charge in [-0.2, -0.15) is 0 Å². The third-order valence-corrected chi connectivity index (χ3v) is 4.10. The Morgan fingerprint density at radius 1 is 1.00 bits per heavy atom. The number of carbonyl (C=O) groups is 2. The molecular formula is C19H21NO3. The maximum Gasteiger partial charge on any atom is 0.305 e. The van der Waals surface area contributed by atoms with Crippen LogP contribution in [0.2, 0.25) is 0 Å². The summed E-state index contributed by atoms with van der Waals surface area (Å²) in [5.41, 5.74) is 4.30. The fourth-order valence-corrected chi connectivity index (χ4v) is 2.62. The molecular weight excluding hydrogens is 290 g/mol. The van der Waals surface area contributed by atoms with Gasteiger partial charge >= 0.3 is 5.97 Å². The zero-order valence-electron chi connectivity index (χ0n) is 13.6. The van der Waals surface area contributed by atoms with Crippen LogP contribution in [0.25, 0.3) is 0 Å². The maximum absolute atomic E-state index is 12.6. The molecule has 120 valence electrons. The van der Waals surface area contributed by atoms with Gasteiger partial charge in [0.1, 0.15) is 0 Å². The van der Waals surface area contributed by atoms with Gasteiger partial charge < -0.3 is 10.4 Å². The lowest BCUT2D eigenvalue weighted by molar-refractivity contribution is -0.137. The van der Waals surface area contributed by atoms with Crippen molar-refractivity contribution >= 4 is 11.9 Å². The second-order valence-electron chi connectivity index (χ2n) is 5.73. The van der Waals surface area contributed by atoms with Crippen LogP contribution in [0, 0.1) is 20.8 Å². The Kier molecular flexibility index (Phi) is 5.16. The molecule has 1 atom stereocenters. The number of carboxylic acids is 1. The molecule has 0 radical (unpaired) electrons. The quantitative estimate of drug-likeness (QED) is 0.887. The van der Waals surface area contributed by atoms with Crippen LogP contribution in [0.1, 0.15) is 45.1 Å². The first-order valence-electron chi connectivity index (χ1n) is 7.54. The summed E-state index contributed by atoms with van der Waals surface area (Å²) in [6, 6.07) is 12.5. The van der Waals surface area contributed by atoms with Crippen molar-refractivity contribution in [3.63, 3.8) is 0 Å². The molecule has 4 heteroatoms. The minimum atomic E-state index is -0.945. The Hall–Kier alpha value is -2.62. The van der Waals surface area contributed by atoms with Crippen molar-refractivity contribution in [2.75, 3.05) is 0 Å². The van der Waals surface area contributed by atoms with Gasteiger partial charge in [0.05, 0.1) is 12.5 Å². The number of aryl methyl sites for hydroxylation is 2. The maximum atomic E-state index is 12.6. The molecule has 0 fully saturated rings. The number of benzene rings is 2. The number of rotatable bonds is 5. The van der Waals surface area contributed by atoms with E-state index in [1.807, 2.05) is 57.2 Å². The molecule has 1 amide bonds. The summed E-state index contributed by atoms with van der Waals surface area (Å²) in [7, 11) is 0. The van der Waals surface area contributed by atoms with E-state index >= 15 is 0 Å². The van der Waals surface area contributed by atoms with Gasteiger partial charge in [0.25, 0.3) is 5.91 Å². The molecule has 4 nitrogen and oxygen atoms in total. The summed E-state index contributed by atoms with van der Waals surface area (Å²) in [6.45, 7) is 5.75. The number of hydrogen-bond acceptors (Lipinski definition) is 2. The van der Waals surface area contributed by atoms with Gasteiger partial charge in [-0.15, -0.1) is 0 Å². The molecule has 0 saturated carbocycles. The van der Waals surface area contributed by atoms with Gasteiger partial charge in [-0.05, 0) is 49.1 Å². The smallest absolute Gasteiger partial charge is 0.305 e. The van der Waals surface area contributed by atoms with E-state index < -0.39 is 12.0 Å². The molecule has 0 bridgehead atoms. The van der Waals surface area contributed by atoms with Crippen LogP contribution >= 0.6 is 0 Å². The zero-order valence-corrected chi connectivity index (χ0v) is 13.6. The van der Waals surface area contributed by atoms with Crippen LogP contribution in [0.3, 0.4) is 0 Å². The highest BCUT2D eigenvalue weighted by Gasteiger charge is 2.21. The van der Waals surface area contributed by atoms with Crippen LogP contribution in [0.5, 0.6) is 0 Å². The standard InChI is InChI=1S/C19H21NO3/c1-12-8-6-10-16(14(12)3)19(23)20-17(11-18(21)22)15-9-5-4-7-13(15)2/h4-10,17H,11H2,1-3H3,(H,20,23)(H,21,22). The van der Waals surface area contributed by atoms with Crippen LogP contribution in [-0.4, -0.2) is 17.0 Å². The number of carbonyl (C=O) groups excluding carboxylic acids is 1. The Morgan fingerprint density at radius 3 is 2.30 bits per heavy atom. The highest BCUT2D eigenvalue weighted by molar-refractivity contribution is 5.96. The molecule has 23 heavy (non-hydrogen) atoms. The summed E-state index contributed by atoms with van der Waals surface area (Å²) >= 11 is 0. The van der Waals surface area contributed by atoms with Crippen molar-refractivity contribution in [1.29, 1.82) is 0 Å². The molecule has 2 rings (SSSR count).